The van der Waals surface area contributed by atoms with Gasteiger partial charge in [0.05, 0.1) is 17.7 Å². The molecule has 0 radical (unpaired) electrons. The fourth-order valence-electron chi connectivity index (χ4n) is 3.66. The van der Waals surface area contributed by atoms with Crippen molar-refractivity contribution < 1.29 is 19.2 Å². The molecular weight excluding hydrogens is 412 g/mol. The summed E-state index contributed by atoms with van der Waals surface area (Å²) < 4.78 is 5.34. The molecule has 170 valence electrons. The van der Waals surface area contributed by atoms with Gasteiger partial charge in [-0.15, -0.1) is 0 Å². The number of unbranched alkanes of at least 4 members (excludes halogenated alkanes) is 1. The van der Waals surface area contributed by atoms with Gasteiger partial charge in [-0.05, 0) is 43.5 Å². The molecule has 1 aliphatic rings. The van der Waals surface area contributed by atoms with Gasteiger partial charge in [0, 0.05) is 42.9 Å². The van der Waals surface area contributed by atoms with Crippen molar-refractivity contribution in [2.75, 3.05) is 35.7 Å². The fraction of sp³-hybridized carbons (Fsp3) is 0.391. The van der Waals surface area contributed by atoms with Crippen molar-refractivity contribution in [1.29, 1.82) is 0 Å². The van der Waals surface area contributed by atoms with E-state index in [0.717, 1.165) is 38.8 Å². The van der Waals surface area contributed by atoms with Crippen molar-refractivity contribution >= 4 is 34.6 Å². The number of amides is 2. The van der Waals surface area contributed by atoms with E-state index in [1.807, 2.05) is 11.8 Å². The number of hydrogen-bond donors (Lipinski definition) is 2. The standard InChI is InChI=1S/C23H28N4O5/c1-3-4-7-22(28)25-18-10-9-17(15-21(18)32-2)24-23(29)16-8-11-19(20(14-16)27(30)31)26-12-5-6-13-26/h8-11,14-15H,3-7,12-13H2,1-2H3,(H,24,29)(H,25,28). The highest BCUT2D eigenvalue weighted by Crippen LogP contribution is 2.32. The Balaban J connectivity index is 1.75. The molecule has 32 heavy (non-hydrogen) atoms. The molecule has 2 amide bonds. The van der Waals surface area contributed by atoms with E-state index in [4.69, 9.17) is 4.74 Å². The lowest BCUT2D eigenvalue weighted by Crippen LogP contribution is -2.20. The lowest BCUT2D eigenvalue weighted by molar-refractivity contribution is -0.384. The highest BCUT2D eigenvalue weighted by Gasteiger charge is 2.24. The molecule has 2 aromatic carbocycles. The summed E-state index contributed by atoms with van der Waals surface area (Å²) in [6.45, 7) is 3.56. The van der Waals surface area contributed by atoms with Gasteiger partial charge in [0.15, 0.2) is 0 Å². The van der Waals surface area contributed by atoms with Crippen LogP contribution in [0.15, 0.2) is 36.4 Å². The quantitative estimate of drug-likeness (QED) is 0.436. The summed E-state index contributed by atoms with van der Waals surface area (Å²) in [5.74, 6) is -0.168. The van der Waals surface area contributed by atoms with Crippen molar-refractivity contribution in [2.45, 2.75) is 39.0 Å². The summed E-state index contributed by atoms with van der Waals surface area (Å²) in [6.07, 6.45) is 4.13. The van der Waals surface area contributed by atoms with Gasteiger partial charge in [-0.3, -0.25) is 19.7 Å². The van der Waals surface area contributed by atoms with E-state index in [0.29, 0.717) is 29.2 Å². The highest BCUT2D eigenvalue weighted by molar-refractivity contribution is 6.05. The van der Waals surface area contributed by atoms with Crippen LogP contribution in [0.2, 0.25) is 0 Å². The summed E-state index contributed by atoms with van der Waals surface area (Å²) in [5.41, 5.74) is 1.61. The van der Waals surface area contributed by atoms with Crippen molar-refractivity contribution in [3.63, 3.8) is 0 Å². The number of rotatable bonds is 9. The number of methoxy groups -OCH3 is 1. The average Bonchev–Trinajstić information content (AvgIpc) is 3.33. The number of hydrogen-bond acceptors (Lipinski definition) is 6. The molecule has 0 aromatic heterocycles. The SMILES string of the molecule is CCCCC(=O)Nc1ccc(NC(=O)c2ccc(N3CCCC3)c([N+](=O)[O-])c2)cc1OC. The molecule has 0 saturated carbocycles. The summed E-state index contributed by atoms with van der Waals surface area (Å²) >= 11 is 0. The van der Waals surface area contributed by atoms with E-state index in [1.165, 1.54) is 13.2 Å². The second kappa shape index (κ2) is 10.6. The lowest BCUT2D eigenvalue weighted by atomic mass is 10.1. The van der Waals surface area contributed by atoms with E-state index >= 15 is 0 Å². The van der Waals surface area contributed by atoms with E-state index in [9.17, 15) is 19.7 Å². The molecule has 0 aliphatic carbocycles. The van der Waals surface area contributed by atoms with Crippen LogP contribution in [0.4, 0.5) is 22.7 Å². The Bertz CT molecular complexity index is 1000. The predicted molar refractivity (Wildman–Crippen MR) is 124 cm³/mol. The van der Waals surface area contributed by atoms with E-state index < -0.39 is 10.8 Å². The molecular formula is C23H28N4O5. The van der Waals surface area contributed by atoms with Crippen molar-refractivity contribution in [3.05, 3.63) is 52.1 Å². The first-order chi connectivity index (χ1) is 15.4. The van der Waals surface area contributed by atoms with Gasteiger partial charge in [-0.1, -0.05) is 13.3 Å². The molecule has 1 aliphatic heterocycles. The molecule has 3 rings (SSSR count). The summed E-state index contributed by atoms with van der Waals surface area (Å²) in [5, 5.41) is 17.1. The summed E-state index contributed by atoms with van der Waals surface area (Å²) in [6, 6.07) is 9.42. The summed E-state index contributed by atoms with van der Waals surface area (Å²) in [4.78, 5) is 37.8. The Morgan fingerprint density at radius 2 is 1.88 bits per heavy atom. The summed E-state index contributed by atoms with van der Waals surface area (Å²) in [7, 11) is 1.48. The monoisotopic (exact) mass is 440 g/mol. The first-order valence-electron chi connectivity index (χ1n) is 10.8. The molecule has 0 spiro atoms. The van der Waals surface area contributed by atoms with Gasteiger partial charge in [-0.2, -0.15) is 0 Å². The van der Waals surface area contributed by atoms with Gasteiger partial charge in [0.2, 0.25) is 5.91 Å². The average molecular weight is 441 g/mol. The Kier molecular flexibility index (Phi) is 7.64. The third kappa shape index (κ3) is 5.54. The first kappa shape index (κ1) is 23.1. The van der Waals surface area contributed by atoms with Gasteiger partial charge in [0.1, 0.15) is 11.4 Å². The van der Waals surface area contributed by atoms with Gasteiger partial charge in [0.25, 0.3) is 11.6 Å². The molecule has 2 N–H and O–H groups in total. The minimum absolute atomic E-state index is 0.0812. The van der Waals surface area contributed by atoms with Crippen LogP contribution >= 0.6 is 0 Å². The number of carbonyl (C=O) groups is 2. The second-order valence-corrected chi connectivity index (χ2v) is 7.68. The number of benzene rings is 2. The number of nitrogens with one attached hydrogen (secondary N) is 2. The number of nitro groups is 1. The molecule has 0 atom stereocenters. The normalized spacial score (nSPS) is 13.0. The van der Waals surface area contributed by atoms with Gasteiger partial charge >= 0.3 is 0 Å². The molecule has 0 unspecified atom stereocenters. The van der Waals surface area contributed by atoms with Crippen molar-refractivity contribution in [3.8, 4) is 5.75 Å². The minimum atomic E-state index is -0.470. The van der Waals surface area contributed by atoms with Crippen LogP contribution in [0.3, 0.4) is 0 Å². The van der Waals surface area contributed by atoms with Crippen molar-refractivity contribution in [1.82, 2.24) is 0 Å². The number of carbonyl (C=O) groups excluding carboxylic acids is 2. The third-order valence-electron chi connectivity index (χ3n) is 5.37. The minimum Gasteiger partial charge on any atom is -0.494 e. The molecule has 1 fully saturated rings. The molecule has 9 nitrogen and oxygen atoms in total. The Morgan fingerprint density at radius 1 is 1.12 bits per heavy atom. The van der Waals surface area contributed by atoms with Gasteiger partial charge in [-0.25, -0.2) is 0 Å². The van der Waals surface area contributed by atoms with Crippen molar-refractivity contribution in [2.24, 2.45) is 0 Å². The molecule has 1 saturated heterocycles. The maximum atomic E-state index is 12.7. The molecule has 9 heteroatoms. The maximum absolute atomic E-state index is 12.7. The number of anilines is 3. The molecule has 1 heterocycles. The van der Waals surface area contributed by atoms with E-state index in [2.05, 4.69) is 10.6 Å². The van der Waals surface area contributed by atoms with E-state index in [1.54, 1.807) is 30.3 Å². The number of ether oxygens (including phenoxy) is 1. The smallest absolute Gasteiger partial charge is 0.293 e. The third-order valence-corrected chi connectivity index (χ3v) is 5.37. The molecule has 2 aromatic rings. The highest BCUT2D eigenvalue weighted by atomic mass is 16.6. The van der Waals surface area contributed by atoms with Crippen LogP contribution in [-0.4, -0.2) is 36.9 Å². The maximum Gasteiger partial charge on any atom is 0.293 e. The Morgan fingerprint density at radius 3 is 2.53 bits per heavy atom. The second-order valence-electron chi connectivity index (χ2n) is 7.68. The zero-order chi connectivity index (χ0) is 23.1. The number of nitrogens with zero attached hydrogens (tertiary/aromatic N) is 2. The van der Waals surface area contributed by atoms with E-state index in [-0.39, 0.29) is 17.2 Å². The number of nitro benzene ring substituents is 1. The first-order valence-corrected chi connectivity index (χ1v) is 10.8. The zero-order valence-electron chi connectivity index (χ0n) is 18.3. The Hall–Kier alpha value is -3.62. The van der Waals surface area contributed by atoms with Gasteiger partial charge < -0.3 is 20.3 Å². The van der Waals surface area contributed by atoms with Crippen LogP contribution in [-0.2, 0) is 4.79 Å². The van der Waals surface area contributed by atoms with Crippen LogP contribution < -0.4 is 20.3 Å². The van der Waals surface area contributed by atoms with Crippen LogP contribution in [0, 0.1) is 10.1 Å². The van der Waals surface area contributed by atoms with Crippen LogP contribution in [0.1, 0.15) is 49.4 Å². The zero-order valence-corrected chi connectivity index (χ0v) is 18.3. The fourth-order valence-corrected chi connectivity index (χ4v) is 3.66. The van der Waals surface area contributed by atoms with Crippen LogP contribution in [0.5, 0.6) is 5.75 Å². The lowest BCUT2D eigenvalue weighted by Gasteiger charge is -2.18. The topological polar surface area (TPSA) is 114 Å². The largest absolute Gasteiger partial charge is 0.494 e. The molecule has 0 bridgehead atoms. The Labute approximate surface area is 186 Å². The predicted octanol–water partition coefficient (Wildman–Crippen LogP) is 4.58. The van der Waals surface area contributed by atoms with Crippen LogP contribution in [0.25, 0.3) is 0 Å².